The van der Waals surface area contributed by atoms with Crippen molar-refractivity contribution in [1.29, 1.82) is 0 Å². The van der Waals surface area contributed by atoms with Gasteiger partial charge in [0.25, 0.3) is 0 Å². The Balaban J connectivity index is 1.55. The normalized spacial score (nSPS) is 12.9. The third-order valence-electron chi connectivity index (χ3n) is 4.39. The van der Waals surface area contributed by atoms with Crippen molar-refractivity contribution in [1.82, 2.24) is 0 Å². The Morgan fingerprint density at radius 1 is 0.815 bits per heavy atom. The highest BCUT2D eigenvalue weighted by molar-refractivity contribution is 9.10. The second-order valence-electron chi connectivity index (χ2n) is 6.25. The van der Waals surface area contributed by atoms with Crippen LogP contribution >= 0.6 is 15.9 Å². The Morgan fingerprint density at radius 3 is 2.15 bits per heavy atom. The molecule has 0 bridgehead atoms. The quantitative estimate of drug-likeness (QED) is 0.415. The molecule has 1 aliphatic rings. The van der Waals surface area contributed by atoms with Gasteiger partial charge >= 0.3 is 0 Å². The molecule has 0 amide bonds. The third kappa shape index (κ3) is 3.62. The number of halogens is 1. The van der Waals surface area contributed by atoms with E-state index >= 15 is 0 Å². The molecule has 0 aliphatic heterocycles. The summed E-state index contributed by atoms with van der Waals surface area (Å²) in [6.07, 6.45) is 1.64. The number of hydrogen-bond acceptors (Lipinski definition) is 3. The monoisotopic (exact) mass is 418 g/mol. The summed E-state index contributed by atoms with van der Waals surface area (Å²) in [5, 5.41) is 0. The largest absolute Gasteiger partial charge is 0.489 e. The summed E-state index contributed by atoms with van der Waals surface area (Å²) in [7, 11) is 0. The van der Waals surface area contributed by atoms with E-state index in [1.165, 1.54) is 0 Å². The first kappa shape index (κ1) is 17.4. The number of carbonyl (C=O) groups is 2. The first-order chi connectivity index (χ1) is 13.1. The number of allylic oxidation sites excluding steroid dienone is 1. The average molecular weight is 419 g/mol. The third-order valence-corrected chi connectivity index (χ3v) is 4.92. The van der Waals surface area contributed by atoms with E-state index in [2.05, 4.69) is 15.9 Å². The molecule has 0 saturated carbocycles. The zero-order chi connectivity index (χ0) is 18.8. The number of benzene rings is 3. The lowest BCUT2D eigenvalue weighted by Crippen LogP contribution is -2.00. The van der Waals surface area contributed by atoms with Gasteiger partial charge < -0.3 is 4.74 Å². The van der Waals surface area contributed by atoms with Crippen LogP contribution in [0.1, 0.15) is 31.8 Å². The molecule has 3 nitrogen and oxygen atoms in total. The van der Waals surface area contributed by atoms with Crippen molar-refractivity contribution in [2.75, 3.05) is 0 Å². The van der Waals surface area contributed by atoms with Crippen LogP contribution < -0.4 is 4.74 Å². The lowest BCUT2D eigenvalue weighted by molar-refractivity contribution is 0.0990. The highest BCUT2D eigenvalue weighted by atomic mass is 79.9. The van der Waals surface area contributed by atoms with Crippen LogP contribution in [-0.4, -0.2) is 11.6 Å². The molecule has 1 aliphatic carbocycles. The molecule has 0 N–H and O–H groups in total. The van der Waals surface area contributed by atoms with Crippen LogP contribution in [0, 0.1) is 0 Å². The fourth-order valence-corrected chi connectivity index (χ4v) is 3.28. The second-order valence-corrected chi connectivity index (χ2v) is 7.17. The minimum Gasteiger partial charge on any atom is -0.489 e. The molecule has 0 unspecified atom stereocenters. The van der Waals surface area contributed by atoms with E-state index in [9.17, 15) is 9.59 Å². The standard InChI is InChI=1S/C23H15BrO3/c24-17-10-8-15(9-11-17)14-27-18-5-3-4-16(12-18)13-21-22(25)19-6-1-2-7-20(19)23(21)26/h1-13H,14H2. The Bertz CT molecular complexity index is 1030. The molecule has 0 spiro atoms. The molecule has 0 saturated heterocycles. The van der Waals surface area contributed by atoms with Crippen LogP contribution in [0.4, 0.5) is 0 Å². The van der Waals surface area contributed by atoms with Crippen molar-refractivity contribution < 1.29 is 14.3 Å². The number of fused-ring (bicyclic) bond motifs is 1. The van der Waals surface area contributed by atoms with Crippen LogP contribution in [0.15, 0.2) is 82.8 Å². The van der Waals surface area contributed by atoms with Gasteiger partial charge in [0.2, 0.25) is 0 Å². The van der Waals surface area contributed by atoms with Gasteiger partial charge in [-0.15, -0.1) is 0 Å². The summed E-state index contributed by atoms with van der Waals surface area (Å²) in [5.41, 5.74) is 2.94. The Morgan fingerprint density at radius 2 is 1.48 bits per heavy atom. The van der Waals surface area contributed by atoms with Crippen LogP contribution in [0.5, 0.6) is 5.75 Å². The summed E-state index contributed by atoms with van der Waals surface area (Å²) in [6, 6.07) is 22.2. The van der Waals surface area contributed by atoms with Crippen LogP contribution in [0.2, 0.25) is 0 Å². The molecule has 4 heteroatoms. The van der Waals surface area contributed by atoms with Crippen molar-refractivity contribution in [3.05, 3.63) is 105 Å². The molecule has 0 aromatic heterocycles. The molecule has 4 rings (SSSR count). The number of ketones is 2. The number of rotatable bonds is 4. The second kappa shape index (κ2) is 7.33. The van der Waals surface area contributed by atoms with Crippen molar-refractivity contribution in [3.8, 4) is 5.75 Å². The molecule has 132 valence electrons. The Hall–Kier alpha value is -2.98. The van der Waals surface area contributed by atoms with Crippen molar-refractivity contribution in [3.63, 3.8) is 0 Å². The lowest BCUT2D eigenvalue weighted by atomic mass is 10.1. The molecule has 3 aromatic carbocycles. The Labute approximate surface area is 165 Å². The van der Waals surface area contributed by atoms with E-state index in [4.69, 9.17) is 4.74 Å². The molecule has 0 heterocycles. The van der Waals surface area contributed by atoms with Gasteiger partial charge in [0.05, 0.1) is 5.57 Å². The van der Waals surface area contributed by atoms with E-state index in [1.807, 2.05) is 48.5 Å². The van der Waals surface area contributed by atoms with E-state index in [-0.39, 0.29) is 17.1 Å². The maximum Gasteiger partial charge on any atom is 0.197 e. The first-order valence-corrected chi connectivity index (χ1v) is 9.28. The maximum absolute atomic E-state index is 12.5. The minimum atomic E-state index is -0.225. The van der Waals surface area contributed by atoms with E-state index < -0.39 is 0 Å². The minimum absolute atomic E-state index is 0.196. The summed E-state index contributed by atoms with van der Waals surface area (Å²) in [5.74, 6) is 0.233. The fraction of sp³-hybridized carbons (Fsp3) is 0.0435. The number of carbonyl (C=O) groups excluding carboxylic acids is 2. The number of ether oxygens (including phenoxy) is 1. The zero-order valence-corrected chi connectivity index (χ0v) is 15.9. The summed E-state index contributed by atoms with van der Waals surface area (Å²) in [4.78, 5) is 25.0. The van der Waals surface area contributed by atoms with Crippen molar-refractivity contribution in [2.24, 2.45) is 0 Å². The highest BCUT2D eigenvalue weighted by Gasteiger charge is 2.32. The van der Waals surface area contributed by atoms with E-state index in [1.54, 1.807) is 30.3 Å². The predicted octanol–water partition coefficient (Wildman–Crippen LogP) is 5.49. The van der Waals surface area contributed by atoms with Gasteiger partial charge in [0, 0.05) is 15.6 Å². The fourth-order valence-electron chi connectivity index (χ4n) is 3.01. The van der Waals surface area contributed by atoms with Gasteiger partial charge in [-0.25, -0.2) is 0 Å². The SMILES string of the molecule is O=C1C(=Cc2cccc(OCc3ccc(Br)cc3)c2)C(=O)c2ccccc21. The van der Waals surface area contributed by atoms with E-state index in [0.29, 0.717) is 23.5 Å². The first-order valence-electron chi connectivity index (χ1n) is 8.49. The van der Waals surface area contributed by atoms with E-state index in [0.717, 1.165) is 15.6 Å². The lowest BCUT2D eigenvalue weighted by Gasteiger charge is -2.07. The van der Waals surface area contributed by atoms with Crippen LogP contribution in [0.25, 0.3) is 6.08 Å². The predicted molar refractivity (Wildman–Crippen MR) is 108 cm³/mol. The molecular formula is C23H15BrO3. The topological polar surface area (TPSA) is 43.4 Å². The highest BCUT2D eigenvalue weighted by Crippen LogP contribution is 2.28. The summed E-state index contributed by atoms with van der Waals surface area (Å²) in [6.45, 7) is 0.441. The van der Waals surface area contributed by atoms with Crippen molar-refractivity contribution in [2.45, 2.75) is 6.61 Å². The molecule has 27 heavy (non-hydrogen) atoms. The number of Topliss-reactive ketones (excluding diaryl/α,β-unsaturated/α-hetero) is 2. The summed E-state index contributed by atoms with van der Waals surface area (Å²) >= 11 is 3.41. The van der Waals surface area contributed by atoms with Gasteiger partial charge in [0.15, 0.2) is 11.6 Å². The van der Waals surface area contributed by atoms with Gasteiger partial charge in [0.1, 0.15) is 12.4 Å². The van der Waals surface area contributed by atoms with Crippen LogP contribution in [0.3, 0.4) is 0 Å². The molecule has 0 radical (unpaired) electrons. The van der Waals surface area contributed by atoms with Crippen molar-refractivity contribution >= 4 is 33.6 Å². The average Bonchev–Trinajstić information content (AvgIpc) is 2.93. The van der Waals surface area contributed by atoms with Gasteiger partial charge in [-0.05, 0) is 41.5 Å². The molecule has 3 aromatic rings. The van der Waals surface area contributed by atoms with Gasteiger partial charge in [-0.1, -0.05) is 64.5 Å². The van der Waals surface area contributed by atoms with Crippen LogP contribution in [-0.2, 0) is 6.61 Å². The van der Waals surface area contributed by atoms with Gasteiger partial charge in [-0.2, -0.15) is 0 Å². The smallest absolute Gasteiger partial charge is 0.197 e. The summed E-state index contributed by atoms with van der Waals surface area (Å²) < 4.78 is 6.86. The Kier molecular flexibility index (Phi) is 4.73. The number of hydrogen-bond donors (Lipinski definition) is 0. The molecular weight excluding hydrogens is 404 g/mol. The van der Waals surface area contributed by atoms with Gasteiger partial charge in [-0.3, -0.25) is 9.59 Å². The zero-order valence-electron chi connectivity index (χ0n) is 14.3. The molecule has 0 atom stereocenters. The maximum atomic E-state index is 12.5. The molecule has 0 fully saturated rings.